The Morgan fingerprint density at radius 2 is 2.00 bits per heavy atom. The molecule has 3 rings (SSSR count). The molecule has 0 spiro atoms. The lowest BCUT2D eigenvalue weighted by Gasteiger charge is -2.42. The van der Waals surface area contributed by atoms with Crippen LogP contribution in [0.4, 0.5) is 0 Å². The summed E-state index contributed by atoms with van der Waals surface area (Å²) in [5.74, 6) is 0.861. The minimum Gasteiger partial charge on any atom is -0.299 e. The summed E-state index contributed by atoms with van der Waals surface area (Å²) in [7, 11) is 0. The summed E-state index contributed by atoms with van der Waals surface area (Å²) in [5.41, 5.74) is 1.44. The molecule has 3 atom stereocenters. The number of hydrogen-bond donors (Lipinski definition) is 0. The van der Waals surface area contributed by atoms with Gasteiger partial charge < -0.3 is 0 Å². The highest BCUT2D eigenvalue weighted by Crippen LogP contribution is 2.29. The summed E-state index contributed by atoms with van der Waals surface area (Å²) in [4.78, 5) is 14.2. The monoisotopic (exact) mass is 243 g/mol. The first-order valence-electron chi connectivity index (χ1n) is 7.13. The van der Waals surface area contributed by atoms with E-state index in [1.54, 1.807) is 0 Å². The molecule has 2 heterocycles. The van der Waals surface area contributed by atoms with E-state index in [2.05, 4.69) is 35.2 Å². The van der Waals surface area contributed by atoms with E-state index >= 15 is 0 Å². The van der Waals surface area contributed by atoms with Crippen molar-refractivity contribution in [1.82, 2.24) is 4.90 Å². The number of benzene rings is 1. The Labute approximate surface area is 109 Å². The molecule has 0 saturated carbocycles. The molecule has 2 fully saturated rings. The molecular formula is C16H21NO. The van der Waals surface area contributed by atoms with Crippen LogP contribution in [-0.4, -0.2) is 29.8 Å². The molecule has 2 bridgehead atoms. The maximum atomic E-state index is 11.7. The van der Waals surface area contributed by atoms with Crippen molar-refractivity contribution in [3.05, 3.63) is 35.9 Å². The topological polar surface area (TPSA) is 20.3 Å². The van der Waals surface area contributed by atoms with E-state index < -0.39 is 0 Å². The number of aryl methyl sites for hydroxylation is 1. The van der Waals surface area contributed by atoms with Gasteiger partial charge in [0.25, 0.3) is 0 Å². The van der Waals surface area contributed by atoms with Gasteiger partial charge in [0.15, 0.2) is 0 Å². The van der Waals surface area contributed by atoms with E-state index in [0.29, 0.717) is 17.7 Å². The van der Waals surface area contributed by atoms with Crippen molar-refractivity contribution >= 4 is 5.78 Å². The minimum atomic E-state index is 0.353. The van der Waals surface area contributed by atoms with Gasteiger partial charge in [0.2, 0.25) is 0 Å². The molecule has 2 aliphatic heterocycles. The Morgan fingerprint density at radius 3 is 2.83 bits per heavy atom. The van der Waals surface area contributed by atoms with Gasteiger partial charge in [-0.15, -0.1) is 0 Å². The predicted molar refractivity (Wildman–Crippen MR) is 72.5 cm³/mol. The van der Waals surface area contributed by atoms with Crippen LogP contribution in [-0.2, 0) is 11.2 Å². The van der Waals surface area contributed by atoms with Gasteiger partial charge in [0, 0.05) is 31.5 Å². The maximum absolute atomic E-state index is 11.7. The van der Waals surface area contributed by atoms with Gasteiger partial charge in [0.1, 0.15) is 5.78 Å². The molecule has 3 unspecified atom stereocenters. The van der Waals surface area contributed by atoms with Crippen molar-refractivity contribution in [1.29, 1.82) is 0 Å². The number of rotatable bonds is 3. The van der Waals surface area contributed by atoms with Crippen LogP contribution in [0.2, 0.25) is 0 Å². The van der Waals surface area contributed by atoms with Crippen LogP contribution in [0.3, 0.4) is 0 Å². The third-order valence-corrected chi connectivity index (χ3v) is 4.53. The Morgan fingerprint density at radius 1 is 1.17 bits per heavy atom. The molecular weight excluding hydrogens is 222 g/mol. The molecule has 2 aliphatic rings. The van der Waals surface area contributed by atoms with Crippen LogP contribution in [0.15, 0.2) is 30.3 Å². The summed E-state index contributed by atoms with van der Waals surface area (Å²) in [6.07, 6.45) is 5.52. The first-order chi connectivity index (χ1) is 8.83. The van der Waals surface area contributed by atoms with E-state index in [1.165, 1.54) is 24.8 Å². The fraction of sp³-hybridized carbons (Fsp3) is 0.562. The Hall–Kier alpha value is -1.15. The molecule has 0 N–H and O–H groups in total. The fourth-order valence-corrected chi connectivity index (χ4v) is 3.40. The highest BCUT2D eigenvalue weighted by atomic mass is 16.1. The number of fused-ring (bicyclic) bond motifs is 2. The molecule has 0 radical (unpaired) electrons. The summed E-state index contributed by atoms with van der Waals surface area (Å²) < 4.78 is 0. The summed E-state index contributed by atoms with van der Waals surface area (Å²) in [5, 5.41) is 0. The number of carbonyl (C=O) groups is 1. The average molecular weight is 243 g/mol. The van der Waals surface area contributed by atoms with E-state index in [0.717, 1.165) is 25.9 Å². The highest BCUT2D eigenvalue weighted by molar-refractivity contribution is 5.82. The number of piperidine rings is 2. The zero-order chi connectivity index (χ0) is 12.4. The lowest BCUT2D eigenvalue weighted by molar-refractivity contribution is -0.129. The van der Waals surface area contributed by atoms with Crippen molar-refractivity contribution in [2.75, 3.05) is 13.1 Å². The van der Waals surface area contributed by atoms with E-state index in [9.17, 15) is 4.79 Å². The van der Waals surface area contributed by atoms with Crippen LogP contribution in [0.5, 0.6) is 0 Å². The summed E-state index contributed by atoms with van der Waals surface area (Å²) >= 11 is 0. The van der Waals surface area contributed by atoms with Gasteiger partial charge in [-0.3, -0.25) is 9.69 Å². The predicted octanol–water partition coefficient (Wildman–Crippen LogP) is 2.67. The first-order valence-corrected chi connectivity index (χ1v) is 7.13. The summed E-state index contributed by atoms with van der Waals surface area (Å²) in [6, 6.07) is 11.4. The van der Waals surface area contributed by atoms with Crippen LogP contribution >= 0.6 is 0 Å². The number of carbonyl (C=O) groups excluding carboxylic acids is 1. The third-order valence-electron chi connectivity index (χ3n) is 4.53. The lowest BCUT2D eigenvalue weighted by Crippen LogP contribution is -2.50. The third kappa shape index (κ3) is 2.49. The van der Waals surface area contributed by atoms with Gasteiger partial charge in [-0.2, -0.15) is 0 Å². The van der Waals surface area contributed by atoms with Crippen molar-refractivity contribution in [3.8, 4) is 0 Å². The number of nitrogens with zero attached hydrogens (tertiary/aromatic N) is 1. The second-order valence-corrected chi connectivity index (χ2v) is 5.66. The number of hydrogen-bond acceptors (Lipinski definition) is 2. The lowest BCUT2D eigenvalue weighted by atomic mass is 9.83. The largest absolute Gasteiger partial charge is 0.299 e. The zero-order valence-electron chi connectivity index (χ0n) is 10.8. The number of Topliss-reactive ketones (excluding diaryl/α,β-unsaturated/α-hetero) is 1. The molecule has 0 amide bonds. The molecule has 18 heavy (non-hydrogen) atoms. The van der Waals surface area contributed by atoms with E-state index in [1.807, 2.05) is 0 Å². The molecule has 0 aliphatic carbocycles. The quantitative estimate of drug-likeness (QED) is 0.813. The van der Waals surface area contributed by atoms with E-state index in [-0.39, 0.29) is 0 Å². The molecule has 2 nitrogen and oxygen atoms in total. The van der Waals surface area contributed by atoms with Crippen LogP contribution in [0.25, 0.3) is 0 Å². The highest BCUT2D eigenvalue weighted by Gasteiger charge is 2.35. The summed E-state index contributed by atoms with van der Waals surface area (Å²) in [6.45, 7) is 2.02. The van der Waals surface area contributed by atoms with Crippen LogP contribution in [0.1, 0.15) is 31.2 Å². The minimum absolute atomic E-state index is 0.353. The molecule has 0 aromatic heterocycles. The Balaban J connectivity index is 1.56. The first kappa shape index (κ1) is 11.9. The zero-order valence-corrected chi connectivity index (χ0v) is 10.8. The Bertz CT molecular complexity index is 414. The van der Waals surface area contributed by atoms with Crippen molar-refractivity contribution < 1.29 is 4.79 Å². The maximum Gasteiger partial charge on any atom is 0.138 e. The van der Waals surface area contributed by atoms with Crippen LogP contribution in [0, 0.1) is 5.92 Å². The SMILES string of the molecule is O=C1CCN2CC1CCC2CCc1ccccc1. The number of ketones is 1. The second kappa shape index (κ2) is 5.23. The Kier molecular flexibility index (Phi) is 3.46. The van der Waals surface area contributed by atoms with Gasteiger partial charge in [0.05, 0.1) is 0 Å². The van der Waals surface area contributed by atoms with Crippen molar-refractivity contribution in [2.45, 2.75) is 38.1 Å². The molecule has 2 saturated heterocycles. The fourth-order valence-electron chi connectivity index (χ4n) is 3.40. The normalized spacial score (nSPS) is 31.3. The van der Waals surface area contributed by atoms with Crippen LogP contribution < -0.4 is 0 Å². The standard InChI is InChI=1S/C16H21NO/c18-16-10-11-17-12-14(16)7-9-15(17)8-6-13-4-2-1-3-5-13/h1-5,14-15H,6-12H2. The van der Waals surface area contributed by atoms with Crippen molar-refractivity contribution in [2.24, 2.45) is 5.92 Å². The van der Waals surface area contributed by atoms with Crippen molar-refractivity contribution in [3.63, 3.8) is 0 Å². The molecule has 1 aromatic rings. The van der Waals surface area contributed by atoms with Gasteiger partial charge >= 0.3 is 0 Å². The molecule has 2 heteroatoms. The van der Waals surface area contributed by atoms with Gasteiger partial charge in [-0.05, 0) is 31.2 Å². The second-order valence-electron chi connectivity index (χ2n) is 5.66. The van der Waals surface area contributed by atoms with Gasteiger partial charge in [-0.25, -0.2) is 0 Å². The molecule has 1 aromatic carbocycles. The average Bonchev–Trinajstić information content (AvgIpc) is 2.43. The van der Waals surface area contributed by atoms with E-state index in [4.69, 9.17) is 0 Å². The smallest absolute Gasteiger partial charge is 0.138 e. The van der Waals surface area contributed by atoms with Gasteiger partial charge in [-0.1, -0.05) is 30.3 Å². The molecule has 96 valence electrons.